The van der Waals surface area contributed by atoms with E-state index in [-0.39, 0.29) is 5.69 Å². The van der Waals surface area contributed by atoms with E-state index >= 15 is 0 Å². The smallest absolute Gasteiger partial charge is 0.269 e. The van der Waals surface area contributed by atoms with Gasteiger partial charge in [0.25, 0.3) is 5.91 Å². The Morgan fingerprint density at radius 2 is 2.31 bits per heavy atom. The van der Waals surface area contributed by atoms with Crippen molar-refractivity contribution in [2.75, 3.05) is 0 Å². The summed E-state index contributed by atoms with van der Waals surface area (Å²) in [6, 6.07) is 1.84. The summed E-state index contributed by atoms with van der Waals surface area (Å²) in [5.74, 6) is -0.547. The fraction of sp³-hybridized carbons (Fsp3) is 0.125. The number of nitrogens with one attached hydrogen (secondary N) is 1. The minimum Gasteiger partial charge on any atom is -0.364 e. The fourth-order valence-corrected chi connectivity index (χ4v) is 1.26. The van der Waals surface area contributed by atoms with Gasteiger partial charge in [0, 0.05) is 5.69 Å². The monoisotopic (exact) mass is 176 g/mol. The lowest BCUT2D eigenvalue weighted by Crippen LogP contribution is -2.13. The van der Waals surface area contributed by atoms with Gasteiger partial charge in [-0.1, -0.05) is 0 Å². The van der Waals surface area contributed by atoms with Gasteiger partial charge in [0.2, 0.25) is 0 Å². The van der Waals surface area contributed by atoms with Crippen molar-refractivity contribution in [3.8, 4) is 0 Å². The summed E-state index contributed by atoms with van der Waals surface area (Å²) in [6.45, 7) is 1.88. The number of carbonyl (C=O) groups excluding carboxylic acids is 1. The Hall–Kier alpha value is -1.91. The van der Waals surface area contributed by atoms with Gasteiger partial charge in [-0.05, 0) is 13.0 Å². The minimum absolute atomic E-state index is 0.234. The Kier molecular flexibility index (Phi) is 1.51. The predicted molar refractivity (Wildman–Crippen MR) is 47.1 cm³/mol. The second kappa shape index (κ2) is 2.55. The number of amides is 1. The Morgan fingerprint density at radius 3 is 3.00 bits per heavy atom. The van der Waals surface area contributed by atoms with Gasteiger partial charge in [-0.2, -0.15) is 0 Å². The van der Waals surface area contributed by atoms with Gasteiger partial charge in [-0.3, -0.25) is 4.79 Å². The molecule has 3 N–H and O–H groups in total. The number of nitrogens with two attached hydrogens (primary N) is 1. The van der Waals surface area contributed by atoms with Crippen LogP contribution >= 0.6 is 0 Å². The number of hydrogen-bond acceptors (Lipinski definition) is 3. The van der Waals surface area contributed by atoms with Crippen molar-refractivity contribution in [2.45, 2.75) is 6.92 Å². The first-order valence-corrected chi connectivity index (χ1v) is 3.78. The largest absolute Gasteiger partial charge is 0.364 e. The van der Waals surface area contributed by atoms with E-state index < -0.39 is 5.91 Å². The molecule has 1 amide bonds. The molecule has 0 atom stereocenters. The molecule has 0 aliphatic rings. The third-order valence-corrected chi connectivity index (χ3v) is 1.79. The van der Waals surface area contributed by atoms with E-state index in [1.807, 2.05) is 13.0 Å². The number of carbonyl (C=O) groups is 1. The molecule has 2 heterocycles. The highest BCUT2D eigenvalue weighted by Gasteiger charge is 2.10. The molecule has 2 rings (SSSR count). The Labute approximate surface area is 74.0 Å². The lowest BCUT2D eigenvalue weighted by Gasteiger charge is -1.94. The van der Waals surface area contributed by atoms with Gasteiger partial charge >= 0.3 is 0 Å². The van der Waals surface area contributed by atoms with Crippen LogP contribution in [0.25, 0.3) is 11.0 Å². The van der Waals surface area contributed by atoms with Crippen molar-refractivity contribution in [1.82, 2.24) is 15.0 Å². The summed E-state index contributed by atoms with van der Waals surface area (Å²) < 4.78 is 0. The lowest BCUT2D eigenvalue weighted by atomic mass is 10.3. The summed E-state index contributed by atoms with van der Waals surface area (Å²) in [5.41, 5.74) is 7.62. The molecule has 0 unspecified atom stereocenters. The normalized spacial score (nSPS) is 10.5. The first kappa shape index (κ1) is 7.72. The summed E-state index contributed by atoms with van der Waals surface area (Å²) in [4.78, 5) is 21.7. The van der Waals surface area contributed by atoms with Crippen LogP contribution in [-0.4, -0.2) is 20.9 Å². The lowest BCUT2D eigenvalue weighted by molar-refractivity contribution is 0.0997. The van der Waals surface area contributed by atoms with Gasteiger partial charge in [-0.15, -0.1) is 0 Å². The van der Waals surface area contributed by atoms with Gasteiger partial charge in [0.15, 0.2) is 5.69 Å². The van der Waals surface area contributed by atoms with E-state index in [0.717, 1.165) is 5.69 Å². The zero-order valence-electron chi connectivity index (χ0n) is 7.03. The molecule has 0 saturated heterocycles. The maximum absolute atomic E-state index is 10.9. The van der Waals surface area contributed by atoms with Crippen LogP contribution in [0.3, 0.4) is 0 Å². The molecule has 2 aromatic heterocycles. The van der Waals surface area contributed by atoms with Crippen LogP contribution in [0.1, 0.15) is 16.2 Å². The zero-order chi connectivity index (χ0) is 9.42. The van der Waals surface area contributed by atoms with Gasteiger partial charge < -0.3 is 10.7 Å². The van der Waals surface area contributed by atoms with Crippen LogP contribution in [0.2, 0.25) is 0 Å². The van der Waals surface area contributed by atoms with E-state index in [1.54, 1.807) is 0 Å². The van der Waals surface area contributed by atoms with Gasteiger partial charge in [0.05, 0.1) is 11.0 Å². The standard InChI is InChI=1S/C8H8N4O/c1-4-2-5-6(12-4)7(8(9)13)11-3-10-5/h2-3,12H,1H3,(H2,9,13). The molecule has 2 aromatic rings. The number of rotatable bonds is 1. The molecule has 5 heteroatoms. The number of aromatic nitrogens is 3. The maximum atomic E-state index is 10.9. The van der Waals surface area contributed by atoms with Crippen molar-refractivity contribution < 1.29 is 4.79 Å². The molecule has 0 fully saturated rings. The van der Waals surface area contributed by atoms with Crippen LogP contribution in [0, 0.1) is 6.92 Å². The maximum Gasteiger partial charge on any atom is 0.269 e. The Morgan fingerprint density at radius 1 is 1.54 bits per heavy atom. The molecular formula is C8H8N4O. The number of aryl methyl sites for hydroxylation is 1. The SMILES string of the molecule is Cc1cc2ncnc(C(N)=O)c2[nH]1. The van der Waals surface area contributed by atoms with E-state index in [0.29, 0.717) is 11.0 Å². The summed E-state index contributed by atoms with van der Waals surface area (Å²) in [7, 11) is 0. The molecule has 66 valence electrons. The third-order valence-electron chi connectivity index (χ3n) is 1.79. The molecule has 0 saturated carbocycles. The first-order valence-electron chi connectivity index (χ1n) is 3.78. The second-order valence-electron chi connectivity index (χ2n) is 2.80. The van der Waals surface area contributed by atoms with Crippen molar-refractivity contribution in [2.24, 2.45) is 5.73 Å². The van der Waals surface area contributed by atoms with E-state index in [4.69, 9.17) is 5.73 Å². The fourth-order valence-electron chi connectivity index (χ4n) is 1.26. The summed E-state index contributed by atoms with van der Waals surface area (Å²) in [6.07, 6.45) is 1.33. The minimum atomic E-state index is -0.547. The van der Waals surface area contributed by atoms with Crippen molar-refractivity contribution in [3.05, 3.63) is 23.8 Å². The van der Waals surface area contributed by atoms with E-state index in [1.165, 1.54) is 6.33 Å². The van der Waals surface area contributed by atoms with Crippen molar-refractivity contribution in [3.63, 3.8) is 0 Å². The number of H-pyrrole nitrogens is 1. The molecule has 0 radical (unpaired) electrons. The average molecular weight is 176 g/mol. The third kappa shape index (κ3) is 1.14. The van der Waals surface area contributed by atoms with Crippen LogP contribution in [0.15, 0.2) is 12.4 Å². The summed E-state index contributed by atoms with van der Waals surface area (Å²) >= 11 is 0. The van der Waals surface area contributed by atoms with E-state index in [2.05, 4.69) is 15.0 Å². The highest BCUT2D eigenvalue weighted by molar-refractivity contribution is 6.01. The predicted octanol–water partition coefficient (Wildman–Crippen LogP) is 0.365. The van der Waals surface area contributed by atoms with Crippen LogP contribution in [0.5, 0.6) is 0 Å². The molecule has 5 nitrogen and oxygen atoms in total. The quantitative estimate of drug-likeness (QED) is 0.658. The Balaban J connectivity index is 2.82. The van der Waals surface area contributed by atoms with Gasteiger partial charge in [0.1, 0.15) is 6.33 Å². The highest BCUT2D eigenvalue weighted by Crippen LogP contribution is 2.13. The number of primary amides is 1. The topological polar surface area (TPSA) is 84.7 Å². The zero-order valence-corrected chi connectivity index (χ0v) is 7.03. The van der Waals surface area contributed by atoms with Crippen molar-refractivity contribution >= 4 is 16.9 Å². The molecule has 13 heavy (non-hydrogen) atoms. The van der Waals surface area contributed by atoms with E-state index in [9.17, 15) is 4.79 Å². The first-order chi connectivity index (χ1) is 6.18. The van der Waals surface area contributed by atoms with Crippen LogP contribution in [0.4, 0.5) is 0 Å². The number of aromatic amines is 1. The summed E-state index contributed by atoms with van der Waals surface area (Å²) in [5, 5.41) is 0. The van der Waals surface area contributed by atoms with Crippen molar-refractivity contribution in [1.29, 1.82) is 0 Å². The molecule has 0 bridgehead atoms. The molecule has 0 aromatic carbocycles. The molecule has 0 aliphatic heterocycles. The highest BCUT2D eigenvalue weighted by atomic mass is 16.1. The van der Waals surface area contributed by atoms with Crippen LogP contribution in [-0.2, 0) is 0 Å². The number of nitrogens with zero attached hydrogens (tertiary/aromatic N) is 2. The number of hydrogen-bond donors (Lipinski definition) is 2. The number of fused-ring (bicyclic) bond motifs is 1. The molecule has 0 aliphatic carbocycles. The van der Waals surface area contributed by atoms with Gasteiger partial charge in [-0.25, -0.2) is 9.97 Å². The second-order valence-corrected chi connectivity index (χ2v) is 2.80. The Bertz CT molecular complexity index is 474. The molecule has 0 spiro atoms. The molecular weight excluding hydrogens is 168 g/mol. The average Bonchev–Trinajstić information content (AvgIpc) is 2.43. The van der Waals surface area contributed by atoms with Crippen LogP contribution < -0.4 is 5.73 Å².